The molecule has 0 bridgehead atoms. The van der Waals surface area contributed by atoms with E-state index in [0.29, 0.717) is 12.5 Å². The number of ketones is 1. The molecule has 1 amide bonds. The van der Waals surface area contributed by atoms with Crippen molar-refractivity contribution in [2.75, 3.05) is 13.6 Å². The largest absolute Gasteiger partial charge is 0.392 e. The van der Waals surface area contributed by atoms with Crippen molar-refractivity contribution in [3.8, 4) is 0 Å². The lowest BCUT2D eigenvalue weighted by Crippen LogP contribution is -2.43. The van der Waals surface area contributed by atoms with Gasteiger partial charge in [0.25, 0.3) is 0 Å². The average Bonchev–Trinajstić information content (AvgIpc) is 2.52. The fourth-order valence-electron chi connectivity index (χ4n) is 3.35. The van der Waals surface area contributed by atoms with E-state index in [4.69, 9.17) is 0 Å². The SMILES string of the molecule is CC1=C/CCN(C)C(=O)C[C@H](O)C(C)(C)C(=O)C(C)CC(C)C\C=C\1. The predicted octanol–water partition coefficient (Wildman–Crippen LogP) is 3.75. The Hall–Kier alpha value is -1.42. The number of allylic oxidation sites excluding steroid dienone is 3. The molecule has 0 aromatic carbocycles. The number of hydrogen-bond acceptors (Lipinski definition) is 3. The molecular formula is C21H35NO3. The third-order valence-corrected chi connectivity index (χ3v) is 5.32. The number of rotatable bonds is 0. The van der Waals surface area contributed by atoms with Crippen molar-refractivity contribution in [3.05, 3.63) is 23.8 Å². The van der Waals surface area contributed by atoms with Crippen molar-refractivity contribution < 1.29 is 14.7 Å². The molecule has 0 fully saturated rings. The molecule has 0 saturated carbocycles. The zero-order valence-electron chi connectivity index (χ0n) is 16.7. The molecule has 4 heteroatoms. The first kappa shape index (κ1) is 21.6. The molecule has 1 N–H and O–H groups in total. The van der Waals surface area contributed by atoms with Gasteiger partial charge in [0.05, 0.1) is 17.9 Å². The van der Waals surface area contributed by atoms with E-state index in [9.17, 15) is 14.7 Å². The lowest BCUT2D eigenvalue weighted by atomic mass is 9.74. The number of aliphatic hydroxyl groups excluding tert-OH is 1. The molecule has 25 heavy (non-hydrogen) atoms. The summed E-state index contributed by atoms with van der Waals surface area (Å²) < 4.78 is 0. The number of aliphatic hydroxyl groups is 1. The monoisotopic (exact) mass is 349 g/mol. The Balaban J connectivity index is 3.02. The van der Waals surface area contributed by atoms with Crippen molar-refractivity contribution >= 4 is 11.7 Å². The second-order valence-electron chi connectivity index (χ2n) is 8.24. The molecule has 0 saturated heterocycles. The maximum absolute atomic E-state index is 12.8. The van der Waals surface area contributed by atoms with Gasteiger partial charge >= 0.3 is 0 Å². The van der Waals surface area contributed by atoms with Crippen molar-refractivity contribution in [3.63, 3.8) is 0 Å². The summed E-state index contributed by atoms with van der Waals surface area (Å²) in [6, 6.07) is 0. The topological polar surface area (TPSA) is 57.6 Å². The van der Waals surface area contributed by atoms with Crippen LogP contribution in [0, 0.1) is 17.3 Å². The summed E-state index contributed by atoms with van der Waals surface area (Å²) in [5.74, 6) is 0.180. The van der Waals surface area contributed by atoms with Crippen LogP contribution in [-0.4, -0.2) is 41.4 Å². The minimum atomic E-state index is -0.960. The van der Waals surface area contributed by atoms with Gasteiger partial charge in [0.2, 0.25) is 5.91 Å². The molecule has 0 radical (unpaired) electrons. The zero-order chi connectivity index (χ0) is 19.2. The highest BCUT2D eigenvalue weighted by Crippen LogP contribution is 2.31. The van der Waals surface area contributed by atoms with Crippen LogP contribution >= 0.6 is 0 Å². The van der Waals surface area contributed by atoms with Gasteiger partial charge in [-0.3, -0.25) is 9.59 Å². The fourth-order valence-corrected chi connectivity index (χ4v) is 3.35. The average molecular weight is 350 g/mol. The van der Waals surface area contributed by atoms with Crippen molar-refractivity contribution in [2.45, 2.75) is 66.4 Å². The van der Waals surface area contributed by atoms with Gasteiger partial charge < -0.3 is 10.0 Å². The summed E-state index contributed by atoms with van der Waals surface area (Å²) in [4.78, 5) is 26.8. The molecule has 1 heterocycles. The van der Waals surface area contributed by atoms with Crippen LogP contribution in [0.15, 0.2) is 23.8 Å². The summed E-state index contributed by atoms with van der Waals surface area (Å²) in [6.07, 6.45) is 7.93. The second kappa shape index (κ2) is 9.33. The Morgan fingerprint density at radius 3 is 2.52 bits per heavy atom. The molecule has 1 aliphatic heterocycles. The van der Waals surface area contributed by atoms with Gasteiger partial charge in [-0.15, -0.1) is 0 Å². The van der Waals surface area contributed by atoms with Crippen molar-refractivity contribution in [1.82, 2.24) is 4.90 Å². The molecule has 4 nitrogen and oxygen atoms in total. The second-order valence-corrected chi connectivity index (χ2v) is 8.24. The summed E-state index contributed by atoms with van der Waals surface area (Å²) in [7, 11) is 1.75. The van der Waals surface area contributed by atoms with Crippen LogP contribution in [0.3, 0.4) is 0 Å². The highest BCUT2D eigenvalue weighted by atomic mass is 16.3. The predicted molar refractivity (Wildman–Crippen MR) is 102 cm³/mol. The highest BCUT2D eigenvalue weighted by molar-refractivity contribution is 5.87. The molecular weight excluding hydrogens is 314 g/mol. The normalized spacial score (nSPS) is 33.6. The van der Waals surface area contributed by atoms with E-state index >= 15 is 0 Å². The third kappa shape index (κ3) is 6.43. The minimum Gasteiger partial charge on any atom is -0.392 e. The van der Waals surface area contributed by atoms with E-state index in [1.807, 2.05) is 6.92 Å². The van der Waals surface area contributed by atoms with Crippen LogP contribution in [0.25, 0.3) is 0 Å². The van der Waals surface area contributed by atoms with Gasteiger partial charge in [-0.2, -0.15) is 0 Å². The third-order valence-electron chi connectivity index (χ3n) is 5.32. The van der Waals surface area contributed by atoms with Crippen LogP contribution in [0.4, 0.5) is 0 Å². The molecule has 0 aliphatic carbocycles. The summed E-state index contributed by atoms with van der Waals surface area (Å²) >= 11 is 0. The van der Waals surface area contributed by atoms with Crippen LogP contribution in [0.1, 0.15) is 60.3 Å². The first-order valence-corrected chi connectivity index (χ1v) is 9.35. The first-order chi connectivity index (χ1) is 11.6. The van der Waals surface area contributed by atoms with E-state index in [1.165, 1.54) is 5.57 Å². The van der Waals surface area contributed by atoms with Gasteiger partial charge in [0.15, 0.2) is 0 Å². The number of Topliss-reactive ketones (excluding diaryl/α,β-unsaturated/α-hetero) is 1. The fraction of sp³-hybridized carbons (Fsp3) is 0.714. The standard InChI is InChI=1S/C21H35NO3/c1-15-9-7-10-16(2)13-17(3)20(25)21(4,5)18(23)14-19(24)22(6)12-8-11-15/h7,9,11,16-18,23H,8,10,12-14H2,1-6H3/b9-7+,15-11-/t16?,17?,18-/m0/s1. The van der Waals surface area contributed by atoms with E-state index in [1.54, 1.807) is 25.8 Å². The minimum absolute atomic E-state index is 0.0138. The molecule has 2 unspecified atom stereocenters. The number of carbonyl (C=O) groups excluding carboxylic acids is 2. The van der Waals surface area contributed by atoms with E-state index < -0.39 is 11.5 Å². The van der Waals surface area contributed by atoms with E-state index in [-0.39, 0.29) is 24.0 Å². The maximum atomic E-state index is 12.8. The number of nitrogens with zero attached hydrogens (tertiary/aromatic N) is 1. The number of carbonyl (C=O) groups is 2. The molecule has 142 valence electrons. The molecule has 0 aromatic rings. The Labute approximate surface area is 153 Å². The Bertz CT molecular complexity index is 533. The molecule has 0 aromatic heterocycles. The van der Waals surface area contributed by atoms with Crippen molar-refractivity contribution in [2.24, 2.45) is 17.3 Å². The van der Waals surface area contributed by atoms with Gasteiger partial charge in [0.1, 0.15) is 5.78 Å². The summed E-state index contributed by atoms with van der Waals surface area (Å²) in [6.45, 7) is 10.3. The quantitative estimate of drug-likeness (QED) is 0.724. The van der Waals surface area contributed by atoms with Gasteiger partial charge in [-0.25, -0.2) is 0 Å². The first-order valence-electron chi connectivity index (χ1n) is 9.35. The molecule has 0 spiro atoms. The Morgan fingerprint density at radius 1 is 1.24 bits per heavy atom. The van der Waals surface area contributed by atoms with Crippen LogP contribution < -0.4 is 0 Å². The molecule has 1 aliphatic rings. The number of amides is 1. The lowest BCUT2D eigenvalue weighted by molar-refractivity contribution is -0.141. The van der Waals surface area contributed by atoms with Crippen LogP contribution in [0.5, 0.6) is 0 Å². The molecule has 3 atom stereocenters. The van der Waals surface area contributed by atoms with Crippen LogP contribution in [0.2, 0.25) is 0 Å². The van der Waals surface area contributed by atoms with Crippen molar-refractivity contribution in [1.29, 1.82) is 0 Å². The van der Waals surface area contributed by atoms with E-state index in [2.05, 4.69) is 32.1 Å². The maximum Gasteiger partial charge on any atom is 0.224 e. The van der Waals surface area contributed by atoms with Gasteiger partial charge in [0, 0.05) is 19.5 Å². The zero-order valence-corrected chi connectivity index (χ0v) is 16.7. The smallest absolute Gasteiger partial charge is 0.224 e. The van der Waals surface area contributed by atoms with Gasteiger partial charge in [-0.1, -0.05) is 51.5 Å². The summed E-state index contributed by atoms with van der Waals surface area (Å²) in [5, 5.41) is 10.5. The molecule has 1 rings (SSSR count). The van der Waals surface area contributed by atoms with Crippen LogP contribution in [-0.2, 0) is 9.59 Å². The highest BCUT2D eigenvalue weighted by Gasteiger charge is 2.39. The number of hydrogen-bond donors (Lipinski definition) is 1. The van der Waals surface area contributed by atoms with E-state index in [0.717, 1.165) is 19.3 Å². The Morgan fingerprint density at radius 2 is 1.88 bits per heavy atom. The lowest BCUT2D eigenvalue weighted by Gasteiger charge is -2.33. The summed E-state index contributed by atoms with van der Waals surface area (Å²) in [5.41, 5.74) is 0.268. The Kier molecular flexibility index (Phi) is 8.07. The van der Waals surface area contributed by atoms with Gasteiger partial charge in [-0.05, 0) is 32.1 Å².